The van der Waals surface area contributed by atoms with Crippen LogP contribution in [0.5, 0.6) is 5.75 Å². The third-order valence-electron chi connectivity index (χ3n) is 3.24. The molecule has 0 atom stereocenters. The fraction of sp³-hybridized carbons (Fsp3) is 0.500. The summed E-state index contributed by atoms with van der Waals surface area (Å²) in [6, 6.07) is 4.95. The first-order valence-electron chi connectivity index (χ1n) is 6.21. The van der Waals surface area contributed by atoms with E-state index < -0.39 is 5.97 Å². The SMILES string of the molecule is Cc1cc(C(=O)O)ccc1OCC1CCOCC1. The average Bonchev–Trinajstić information content (AvgIpc) is 2.38. The van der Waals surface area contributed by atoms with Crippen LogP contribution in [-0.2, 0) is 4.74 Å². The number of aromatic carboxylic acids is 1. The lowest BCUT2D eigenvalue weighted by atomic mass is 10.0. The maximum Gasteiger partial charge on any atom is 0.335 e. The van der Waals surface area contributed by atoms with Gasteiger partial charge in [-0.15, -0.1) is 0 Å². The molecule has 0 spiro atoms. The summed E-state index contributed by atoms with van der Waals surface area (Å²) in [4.78, 5) is 10.8. The van der Waals surface area contributed by atoms with Gasteiger partial charge < -0.3 is 14.6 Å². The molecular formula is C14H18O4. The van der Waals surface area contributed by atoms with Gasteiger partial charge in [0, 0.05) is 13.2 Å². The minimum absolute atomic E-state index is 0.297. The predicted octanol–water partition coefficient (Wildman–Crippen LogP) is 2.50. The van der Waals surface area contributed by atoms with Crippen LogP contribution in [0.4, 0.5) is 0 Å². The van der Waals surface area contributed by atoms with E-state index in [0.717, 1.165) is 37.4 Å². The number of aryl methyl sites for hydroxylation is 1. The zero-order valence-electron chi connectivity index (χ0n) is 10.5. The van der Waals surface area contributed by atoms with Gasteiger partial charge in [-0.25, -0.2) is 4.79 Å². The molecule has 1 heterocycles. The Morgan fingerprint density at radius 3 is 2.78 bits per heavy atom. The largest absolute Gasteiger partial charge is 0.493 e. The van der Waals surface area contributed by atoms with Crippen LogP contribution in [0.3, 0.4) is 0 Å². The van der Waals surface area contributed by atoms with E-state index in [2.05, 4.69) is 0 Å². The standard InChI is InChI=1S/C14H18O4/c1-10-8-12(14(15)16)2-3-13(10)18-9-11-4-6-17-7-5-11/h2-3,8,11H,4-7,9H2,1H3,(H,15,16). The van der Waals surface area contributed by atoms with Crippen LogP contribution in [0.2, 0.25) is 0 Å². The molecule has 1 aliphatic rings. The summed E-state index contributed by atoms with van der Waals surface area (Å²) in [5.41, 5.74) is 1.16. The van der Waals surface area contributed by atoms with Gasteiger partial charge in [0.15, 0.2) is 0 Å². The first-order valence-corrected chi connectivity index (χ1v) is 6.21. The van der Waals surface area contributed by atoms with Gasteiger partial charge in [0.1, 0.15) is 5.75 Å². The molecule has 1 aliphatic heterocycles. The van der Waals surface area contributed by atoms with Crippen LogP contribution < -0.4 is 4.74 Å². The van der Waals surface area contributed by atoms with Crippen molar-refractivity contribution < 1.29 is 19.4 Å². The van der Waals surface area contributed by atoms with Crippen LogP contribution in [0.15, 0.2) is 18.2 Å². The maximum atomic E-state index is 10.8. The Morgan fingerprint density at radius 2 is 2.17 bits per heavy atom. The van der Waals surface area contributed by atoms with Gasteiger partial charge in [-0.1, -0.05) is 0 Å². The molecule has 18 heavy (non-hydrogen) atoms. The summed E-state index contributed by atoms with van der Waals surface area (Å²) in [5.74, 6) is 0.401. The van der Waals surface area contributed by atoms with Gasteiger partial charge in [-0.3, -0.25) is 0 Å². The second-order valence-corrected chi connectivity index (χ2v) is 4.65. The average molecular weight is 250 g/mol. The molecule has 1 N–H and O–H groups in total. The lowest BCUT2D eigenvalue weighted by Crippen LogP contribution is -2.21. The Kier molecular flexibility index (Phi) is 4.20. The van der Waals surface area contributed by atoms with E-state index in [-0.39, 0.29) is 0 Å². The zero-order valence-corrected chi connectivity index (χ0v) is 10.5. The van der Waals surface area contributed by atoms with Crippen molar-refractivity contribution >= 4 is 5.97 Å². The summed E-state index contributed by atoms with van der Waals surface area (Å²) < 4.78 is 11.1. The second-order valence-electron chi connectivity index (χ2n) is 4.65. The molecule has 4 heteroatoms. The Hall–Kier alpha value is -1.55. The molecule has 98 valence electrons. The fourth-order valence-corrected chi connectivity index (χ4v) is 2.07. The predicted molar refractivity (Wildman–Crippen MR) is 67.2 cm³/mol. The molecule has 0 saturated carbocycles. The first-order chi connectivity index (χ1) is 8.66. The Morgan fingerprint density at radius 1 is 1.44 bits per heavy atom. The van der Waals surface area contributed by atoms with Crippen molar-refractivity contribution in [3.8, 4) is 5.75 Å². The van der Waals surface area contributed by atoms with Crippen LogP contribution in [0.25, 0.3) is 0 Å². The van der Waals surface area contributed by atoms with Crippen LogP contribution >= 0.6 is 0 Å². The van der Waals surface area contributed by atoms with Crippen molar-refractivity contribution in [2.24, 2.45) is 5.92 Å². The van der Waals surface area contributed by atoms with E-state index in [1.54, 1.807) is 18.2 Å². The lowest BCUT2D eigenvalue weighted by Gasteiger charge is -2.22. The number of carbonyl (C=O) groups is 1. The molecule has 0 amide bonds. The highest BCUT2D eigenvalue weighted by atomic mass is 16.5. The molecule has 2 rings (SSSR count). The molecule has 0 unspecified atom stereocenters. The molecule has 0 bridgehead atoms. The van der Waals surface area contributed by atoms with Crippen molar-refractivity contribution in [2.45, 2.75) is 19.8 Å². The summed E-state index contributed by atoms with van der Waals surface area (Å²) >= 11 is 0. The van der Waals surface area contributed by atoms with E-state index in [1.807, 2.05) is 6.92 Å². The number of carboxylic acids is 1. The zero-order chi connectivity index (χ0) is 13.0. The molecule has 1 aromatic carbocycles. The summed E-state index contributed by atoms with van der Waals surface area (Å²) in [6.45, 7) is 4.16. The van der Waals surface area contributed by atoms with Crippen molar-refractivity contribution in [1.29, 1.82) is 0 Å². The van der Waals surface area contributed by atoms with E-state index in [0.29, 0.717) is 18.1 Å². The quantitative estimate of drug-likeness (QED) is 0.892. The Labute approximate surface area is 107 Å². The number of ether oxygens (including phenoxy) is 2. The second kappa shape index (κ2) is 5.87. The number of hydrogen-bond acceptors (Lipinski definition) is 3. The molecular weight excluding hydrogens is 232 g/mol. The highest BCUT2D eigenvalue weighted by Crippen LogP contribution is 2.22. The van der Waals surface area contributed by atoms with Gasteiger partial charge in [0.2, 0.25) is 0 Å². The van der Waals surface area contributed by atoms with Crippen LogP contribution in [0.1, 0.15) is 28.8 Å². The third kappa shape index (κ3) is 3.23. The molecule has 1 aromatic rings. The molecule has 4 nitrogen and oxygen atoms in total. The van der Waals surface area contributed by atoms with Crippen LogP contribution in [0, 0.1) is 12.8 Å². The van der Waals surface area contributed by atoms with Gasteiger partial charge >= 0.3 is 5.97 Å². The number of hydrogen-bond donors (Lipinski definition) is 1. The minimum atomic E-state index is -0.908. The highest BCUT2D eigenvalue weighted by molar-refractivity contribution is 5.88. The van der Waals surface area contributed by atoms with E-state index >= 15 is 0 Å². The van der Waals surface area contributed by atoms with Crippen molar-refractivity contribution in [3.05, 3.63) is 29.3 Å². The number of carboxylic acid groups (broad SMARTS) is 1. The van der Waals surface area contributed by atoms with Crippen molar-refractivity contribution in [1.82, 2.24) is 0 Å². The number of benzene rings is 1. The monoisotopic (exact) mass is 250 g/mol. The van der Waals surface area contributed by atoms with E-state index in [9.17, 15) is 4.79 Å². The van der Waals surface area contributed by atoms with Gasteiger partial charge in [-0.05, 0) is 49.4 Å². The normalized spacial score (nSPS) is 16.5. The van der Waals surface area contributed by atoms with Crippen molar-refractivity contribution in [3.63, 3.8) is 0 Å². The highest BCUT2D eigenvalue weighted by Gasteiger charge is 2.15. The molecule has 0 aromatic heterocycles. The van der Waals surface area contributed by atoms with Crippen molar-refractivity contribution in [2.75, 3.05) is 19.8 Å². The lowest BCUT2D eigenvalue weighted by molar-refractivity contribution is 0.0496. The molecule has 1 saturated heterocycles. The topological polar surface area (TPSA) is 55.8 Å². The minimum Gasteiger partial charge on any atom is -0.493 e. The Bertz CT molecular complexity index is 422. The summed E-state index contributed by atoms with van der Waals surface area (Å²) in [6.07, 6.45) is 2.07. The molecule has 1 fully saturated rings. The number of rotatable bonds is 4. The smallest absolute Gasteiger partial charge is 0.335 e. The van der Waals surface area contributed by atoms with Gasteiger partial charge in [0.25, 0.3) is 0 Å². The van der Waals surface area contributed by atoms with E-state index in [4.69, 9.17) is 14.6 Å². The Balaban J connectivity index is 1.94. The molecule has 0 radical (unpaired) electrons. The first kappa shape index (κ1) is 12.9. The van der Waals surface area contributed by atoms with Gasteiger partial charge in [-0.2, -0.15) is 0 Å². The van der Waals surface area contributed by atoms with Gasteiger partial charge in [0.05, 0.1) is 12.2 Å². The summed E-state index contributed by atoms with van der Waals surface area (Å²) in [5, 5.41) is 8.88. The maximum absolute atomic E-state index is 10.8. The third-order valence-corrected chi connectivity index (χ3v) is 3.24. The summed E-state index contributed by atoms with van der Waals surface area (Å²) in [7, 11) is 0. The van der Waals surface area contributed by atoms with Crippen LogP contribution in [-0.4, -0.2) is 30.9 Å². The molecule has 0 aliphatic carbocycles. The fourth-order valence-electron chi connectivity index (χ4n) is 2.07. The van der Waals surface area contributed by atoms with E-state index in [1.165, 1.54) is 0 Å².